The van der Waals surface area contributed by atoms with Crippen molar-refractivity contribution in [1.82, 2.24) is 5.32 Å². The molecule has 0 aliphatic carbocycles. The second-order valence-electron chi connectivity index (χ2n) is 4.27. The minimum atomic E-state index is -0.867. The zero-order valence-corrected chi connectivity index (χ0v) is 10.5. The molecule has 2 N–H and O–H groups in total. The van der Waals surface area contributed by atoms with Gasteiger partial charge >= 0.3 is 5.97 Å². The molecule has 0 bridgehead atoms. The molecule has 1 fully saturated rings. The summed E-state index contributed by atoms with van der Waals surface area (Å²) < 4.78 is 0. The van der Waals surface area contributed by atoms with Crippen molar-refractivity contribution in [3.05, 3.63) is 35.4 Å². The molecule has 17 heavy (non-hydrogen) atoms. The van der Waals surface area contributed by atoms with Crippen LogP contribution in [-0.4, -0.2) is 28.6 Å². The number of hydrogen-bond donors (Lipinski definition) is 2. The van der Waals surface area contributed by atoms with Crippen LogP contribution < -0.4 is 5.32 Å². The molecule has 0 radical (unpaired) electrons. The number of carboxylic acid groups (broad SMARTS) is 1. The van der Waals surface area contributed by atoms with Crippen LogP contribution in [0, 0.1) is 0 Å². The molecule has 1 aliphatic heterocycles. The van der Waals surface area contributed by atoms with Crippen LogP contribution in [0.1, 0.15) is 28.8 Å². The van der Waals surface area contributed by atoms with Crippen LogP contribution >= 0.6 is 11.8 Å². The van der Waals surface area contributed by atoms with Crippen LogP contribution in [0.3, 0.4) is 0 Å². The summed E-state index contributed by atoms with van der Waals surface area (Å²) in [6, 6.07) is 7.71. The van der Waals surface area contributed by atoms with Gasteiger partial charge in [0.2, 0.25) is 0 Å². The predicted octanol–water partition coefficient (Wildman–Crippen LogP) is 2.37. The Morgan fingerprint density at radius 2 is 1.94 bits per heavy atom. The van der Waals surface area contributed by atoms with E-state index in [0.29, 0.717) is 11.6 Å². The van der Waals surface area contributed by atoms with Crippen LogP contribution in [0.4, 0.5) is 0 Å². The van der Waals surface area contributed by atoms with E-state index in [-0.39, 0.29) is 0 Å². The molecule has 1 heterocycles. The van der Waals surface area contributed by atoms with E-state index >= 15 is 0 Å². The lowest BCUT2D eigenvalue weighted by Crippen LogP contribution is -2.32. The smallest absolute Gasteiger partial charge is 0.335 e. The fourth-order valence-electron chi connectivity index (χ4n) is 1.93. The molecule has 1 saturated heterocycles. The zero-order valence-electron chi connectivity index (χ0n) is 9.69. The van der Waals surface area contributed by atoms with E-state index in [1.165, 1.54) is 24.3 Å². The van der Waals surface area contributed by atoms with Crippen LogP contribution in [0.15, 0.2) is 24.3 Å². The Balaban J connectivity index is 1.84. The first kappa shape index (κ1) is 12.5. The molecule has 0 spiro atoms. The van der Waals surface area contributed by atoms with Crippen molar-refractivity contribution in [2.45, 2.75) is 25.4 Å². The molecular weight excluding hydrogens is 234 g/mol. The maximum Gasteiger partial charge on any atom is 0.335 e. The van der Waals surface area contributed by atoms with Gasteiger partial charge in [0.25, 0.3) is 0 Å². The highest BCUT2D eigenvalue weighted by Gasteiger charge is 2.12. The molecule has 1 aromatic carbocycles. The van der Waals surface area contributed by atoms with E-state index in [1.807, 2.05) is 23.9 Å². The second-order valence-corrected chi connectivity index (χ2v) is 5.49. The van der Waals surface area contributed by atoms with Gasteiger partial charge in [-0.2, -0.15) is 11.8 Å². The standard InChI is InChI=1S/C13H17NO2S/c15-13(16)11-3-1-10(2-4-11)9-14-12-5-7-17-8-6-12/h1-4,12,14H,5-9H2,(H,15,16). The van der Waals surface area contributed by atoms with Crippen molar-refractivity contribution in [2.24, 2.45) is 0 Å². The van der Waals surface area contributed by atoms with Crippen molar-refractivity contribution in [3.8, 4) is 0 Å². The quantitative estimate of drug-likeness (QED) is 0.862. The number of aromatic carboxylic acids is 1. The van der Waals surface area contributed by atoms with Crippen LogP contribution in [0.2, 0.25) is 0 Å². The van der Waals surface area contributed by atoms with E-state index in [4.69, 9.17) is 5.11 Å². The molecule has 0 saturated carbocycles. The van der Waals surface area contributed by atoms with E-state index in [9.17, 15) is 4.79 Å². The van der Waals surface area contributed by atoms with Crippen molar-refractivity contribution < 1.29 is 9.90 Å². The molecule has 4 heteroatoms. The number of thioether (sulfide) groups is 1. The van der Waals surface area contributed by atoms with Gasteiger partial charge < -0.3 is 10.4 Å². The summed E-state index contributed by atoms with van der Waals surface area (Å²) in [6.07, 6.45) is 2.47. The molecule has 92 valence electrons. The Hall–Kier alpha value is -1.00. The highest BCUT2D eigenvalue weighted by molar-refractivity contribution is 7.99. The maximum absolute atomic E-state index is 10.7. The third-order valence-electron chi connectivity index (χ3n) is 3.02. The predicted molar refractivity (Wildman–Crippen MR) is 70.6 cm³/mol. The Morgan fingerprint density at radius 3 is 2.53 bits per heavy atom. The van der Waals surface area contributed by atoms with Crippen LogP contribution in [0.25, 0.3) is 0 Å². The largest absolute Gasteiger partial charge is 0.478 e. The molecule has 3 nitrogen and oxygen atoms in total. The fraction of sp³-hybridized carbons (Fsp3) is 0.462. The van der Waals surface area contributed by atoms with Gasteiger partial charge in [-0.1, -0.05) is 12.1 Å². The summed E-state index contributed by atoms with van der Waals surface area (Å²) in [5.74, 6) is 1.62. The van der Waals surface area contributed by atoms with E-state index in [1.54, 1.807) is 12.1 Å². The number of carbonyl (C=O) groups is 1. The second kappa shape index (κ2) is 6.07. The lowest BCUT2D eigenvalue weighted by molar-refractivity contribution is 0.0697. The average Bonchev–Trinajstić information content (AvgIpc) is 2.38. The first-order valence-electron chi connectivity index (χ1n) is 5.89. The summed E-state index contributed by atoms with van der Waals surface area (Å²) in [7, 11) is 0. The Kier molecular flexibility index (Phi) is 4.45. The van der Waals surface area contributed by atoms with Gasteiger partial charge in [-0.3, -0.25) is 0 Å². The summed E-state index contributed by atoms with van der Waals surface area (Å²) in [5, 5.41) is 12.3. The molecule has 1 aliphatic rings. The van der Waals surface area contributed by atoms with E-state index in [0.717, 1.165) is 12.1 Å². The van der Waals surface area contributed by atoms with Gasteiger partial charge in [0.05, 0.1) is 5.56 Å². The molecular formula is C13H17NO2S. The fourth-order valence-corrected chi connectivity index (χ4v) is 3.04. The van der Waals surface area contributed by atoms with Crippen molar-refractivity contribution in [1.29, 1.82) is 0 Å². The minimum absolute atomic E-state index is 0.350. The molecule has 0 atom stereocenters. The SMILES string of the molecule is O=C(O)c1ccc(CNC2CCSCC2)cc1. The zero-order chi connectivity index (χ0) is 12.1. The maximum atomic E-state index is 10.7. The van der Waals surface area contributed by atoms with Gasteiger partial charge in [-0.05, 0) is 42.0 Å². The first-order valence-corrected chi connectivity index (χ1v) is 7.04. The highest BCUT2D eigenvalue weighted by Crippen LogP contribution is 2.17. The van der Waals surface area contributed by atoms with Gasteiger partial charge in [0.15, 0.2) is 0 Å². The first-order chi connectivity index (χ1) is 8.25. The lowest BCUT2D eigenvalue weighted by Gasteiger charge is -2.22. The monoisotopic (exact) mass is 251 g/mol. The molecule has 0 aromatic heterocycles. The number of hydrogen-bond acceptors (Lipinski definition) is 3. The van der Waals surface area contributed by atoms with Crippen molar-refractivity contribution in [3.63, 3.8) is 0 Å². The lowest BCUT2D eigenvalue weighted by atomic mass is 10.1. The summed E-state index contributed by atoms with van der Waals surface area (Å²) in [6.45, 7) is 0.829. The van der Waals surface area contributed by atoms with Crippen LogP contribution in [0.5, 0.6) is 0 Å². The number of nitrogens with one attached hydrogen (secondary N) is 1. The summed E-state index contributed by atoms with van der Waals surface area (Å²) >= 11 is 2.02. The molecule has 0 unspecified atom stereocenters. The molecule has 0 amide bonds. The Labute approximate surface area is 106 Å². The van der Waals surface area contributed by atoms with E-state index in [2.05, 4.69) is 5.32 Å². The van der Waals surface area contributed by atoms with Gasteiger partial charge in [-0.15, -0.1) is 0 Å². The minimum Gasteiger partial charge on any atom is -0.478 e. The van der Waals surface area contributed by atoms with Gasteiger partial charge in [0, 0.05) is 12.6 Å². The number of benzene rings is 1. The number of carboxylic acids is 1. The van der Waals surface area contributed by atoms with Crippen molar-refractivity contribution >= 4 is 17.7 Å². The average molecular weight is 251 g/mol. The Morgan fingerprint density at radius 1 is 1.29 bits per heavy atom. The molecule has 2 rings (SSSR count). The third-order valence-corrected chi connectivity index (χ3v) is 4.07. The van der Waals surface area contributed by atoms with E-state index < -0.39 is 5.97 Å². The van der Waals surface area contributed by atoms with Crippen molar-refractivity contribution in [2.75, 3.05) is 11.5 Å². The molecule has 1 aromatic rings. The summed E-state index contributed by atoms with van der Waals surface area (Å²) in [4.78, 5) is 10.7. The summed E-state index contributed by atoms with van der Waals surface area (Å²) in [5.41, 5.74) is 1.50. The van der Waals surface area contributed by atoms with Gasteiger partial charge in [0.1, 0.15) is 0 Å². The number of rotatable bonds is 4. The topological polar surface area (TPSA) is 49.3 Å². The Bertz CT molecular complexity index is 372. The third kappa shape index (κ3) is 3.75. The highest BCUT2D eigenvalue weighted by atomic mass is 32.2. The van der Waals surface area contributed by atoms with Gasteiger partial charge in [-0.25, -0.2) is 4.79 Å². The normalized spacial score (nSPS) is 16.9. The van der Waals surface area contributed by atoms with Crippen LogP contribution in [-0.2, 0) is 6.54 Å².